The van der Waals surface area contributed by atoms with Gasteiger partial charge in [-0.2, -0.15) is 0 Å². The Labute approximate surface area is 129 Å². The number of ether oxygens (including phenoxy) is 1. The van der Waals surface area contributed by atoms with E-state index in [1.54, 1.807) is 19.1 Å². The van der Waals surface area contributed by atoms with Gasteiger partial charge in [-0.05, 0) is 31.9 Å². The van der Waals surface area contributed by atoms with E-state index in [1.807, 2.05) is 0 Å². The molecule has 0 heterocycles. The Bertz CT molecular complexity index is 566. The number of aromatic hydroxyl groups is 1. The van der Waals surface area contributed by atoms with Crippen LogP contribution in [0.25, 0.3) is 0 Å². The average molecular weight is 307 g/mol. The molecule has 0 aliphatic heterocycles. The van der Waals surface area contributed by atoms with Crippen LogP contribution in [-0.2, 0) is 4.79 Å². The number of aliphatic carboxylic acids is 1. The second kappa shape index (κ2) is 8.66. The number of nitrogens with two attached hydrogens (primary N) is 1. The van der Waals surface area contributed by atoms with Crippen LogP contribution in [0.15, 0.2) is 28.2 Å². The first-order valence-corrected chi connectivity index (χ1v) is 6.84. The average Bonchev–Trinajstić information content (AvgIpc) is 2.46. The van der Waals surface area contributed by atoms with Gasteiger partial charge in [-0.15, -0.1) is 0 Å². The summed E-state index contributed by atoms with van der Waals surface area (Å²) in [4.78, 5) is 19.3. The Morgan fingerprint density at radius 1 is 1.50 bits per heavy atom. The van der Waals surface area contributed by atoms with E-state index in [-0.39, 0.29) is 5.75 Å². The molecule has 0 saturated carbocycles. The highest BCUT2D eigenvalue weighted by molar-refractivity contribution is 5.89. The lowest BCUT2D eigenvalue weighted by atomic mass is 10.1. The molecule has 0 aliphatic rings. The molecular weight excluding hydrogens is 286 g/mol. The van der Waals surface area contributed by atoms with Gasteiger partial charge in [0.2, 0.25) is 0 Å². The number of nitrogens with zero attached hydrogens (tertiary/aromatic N) is 2. The zero-order valence-corrected chi connectivity index (χ0v) is 12.7. The quantitative estimate of drug-likeness (QED) is 0.381. The molecule has 7 nitrogen and oxygen atoms in total. The summed E-state index contributed by atoms with van der Waals surface area (Å²) < 4.78 is 5.11. The molecule has 0 radical (unpaired) electrons. The fraction of sp³-hybridized carbons (Fsp3) is 0.400. The molecule has 0 bridgehead atoms. The van der Waals surface area contributed by atoms with Crippen LogP contribution in [0.3, 0.4) is 0 Å². The minimum atomic E-state index is -1.03. The van der Waals surface area contributed by atoms with Crippen molar-refractivity contribution in [2.75, 3.05) is 13.7 Å². The van der Waals surface area contributed by atoms with E-state index in [0.29, 0.717) is 36.5 Å². The smallest absolute Gasteiger partial charge is 0.328 e. The van der Waals surface area contributed by atoms with Crippen molar-refractivity contribution >= 4 is 18.0 Å². The van der Waals surface area contributed by atoms with E-state index < -0.39 is 12.0 Å². The Hall–Kier alpha value is -2.57. The van der Waals surface area contributed by atoms with Gasteiger partial charge in [0, 0.05) is 12.8 Å². The minimum absolute atomic E-state index is 0.0180. The lowest BCUT2D eigenvalue weighted by Gasteiger charge is -2.09. The number of carboxylic acid groups (broad SMARTS) is 1. The molecule has 1 unspecified atom stereocenters. The molecule has 120 valence electrons. The largest absolute Gasteiger partial charge is 0.507 e. The maximum Gasteiger partial charge on any atom is 0.328 e. The maximum absolute atomic E-state index is 11.2. The van der Waals surface area contributed by atoms with Crippen LogP contribution in [-0.4, -0.2) is 47.9 Å². The number of carbonyl (C=O) groups is 1. The molecule has 22 heavy (non-hydrogen) atoms. The van der Waals surface area contributed by atoms with Crippen LogP contribution in [0.2, 0.25) is 0 Å². The second-order valence-electron chi connectivity index (χ2n) is 4.69. The van der Waals surface area contributed by atoms with E-state index in [2.05, 4.69) is 9.98 Å². The molecule has 7 heteroatoms. The zero-order valence-electron chi connectivity index (χ0n) is 12.7. The summed E-state index contributed by atoms with van der Waals surface area (Å²) in [5, 5.41) is 19.0. The summed E-state index contributed by atoms with van der Waals surface area (Å²) in [6.07, 6.45) is 2.21. The first-order valence-electron chi connectivity index (χ1n) is 6.84. The van der Waals surface area contributed by atoms with Crippen LogP contribution in [0.4, 0.5) is 0 Å². The van der Waals surface area contributed by atoms with E-state index in [4.69, 9.17) is 10.5 Å². The van der Waals surface area contributed by atoms with Gasteiger partial charge in [-0.1, -0.05) is 6.07 Å². The number of hydrogen-bond acceptors (Lipinski definition) is 5. The number of rotatable bonds is 8. The standard InChI is InChI=1S/C15H21N3O4/c1-10(16)17-8-4-5-12(15(20)21)18-9-11-13(19)6-3-7-14(11)22-2/h3,6-7,9,12,19H,4-5,8H2,1-2H3,(H2,16,17)(H,20,21). The fourth-order valence-electron chi connectivity index (χ4n) is 1.81. The highest BCUT2D eigenvalue weighted by Crippen LogP contribution is 2.25. The van der Waals surface area contributed by atoms with Crippen LogP contribution in [0.5, 0.6) is 11.5 Å². The third-order valence-corrected chi connectivity index (χ3v) is 2.93. The Balaban J connectivity index is 2.79. The van der Waals surface area contributed by atoms with Crippen molar-refractivity contribution in [2.45, 2.75) is 25.8 Å². The van der Waals surface area contributed by atoms with E-state index in [9.17, 15) is 15.0 Å². The van der Waals surface area contributed by atoms with Gasteiger partial charge in [-0.25, -0.2) is 4.79 Å². The molecular formula is C15H21N3O4. The van der Waals surface area contributed by atoms with Gasteiger partial charge in [0.1, 0.15) is 17.5 Å². The van der Waals surface area contributed by atoms with Gasteiger partial charge < -0.3 is 20.7 Å². The summed E-state index contributed by atoms with van der Waals surface area (Å²) in [5.41, 5.74) is 5.77. The number of phenols is 1. The van der Waals surface area contributed by atoms with Crippen molar-refractivity contribution in [1.29, 1.82) is 0 Å². The monoisotopic (exact) mass is 307 g/mol. The van der Waals surface area contributed by atoms with Crippen molar-refractivity contribution in [3.63, 3.8) is 0 Å². The van der Waals surface area contributed by atoms with E-state index in [0.717, 1.165) is 0 Å². The molecule has 1 rings (SSSR count). The Morgan fingerprint density at radius 3 is 2.82 bits per heavy atom. The maximum atomic E-state index is 11.2. The predicted octanol–water partition coefficient (Wildman–Crippen LogP) is 1.43. The molecule has 0 saturated heterocycles. The summed E-state index contributed by atoms with van der Waals surface area (Å²) >= 11 is 0. The third-order valence-electron chi connectivity index (χ3n) is 2.93. The van der Waals surface area contributed by atoms with Gasteiger partial charge in [0.25, 0.3) is 0 Å². The molecule has 0 aromatic heterocycles. The number of hydrogen-bond donors (Lipinski definition) is 3. The topological polar surface area (TPSA) is 118 Å². The number of methoxy groups -OCH3 is 1. The van der Waals surface area contributed by atoms with Crippen LogP contribution >= 0.6 is 0 Å². The van der Waals surface area contributed by atoms with Gasteiger partial charge in [0.15, 0.2) is 0 Å². The third kappa shape index (κ3) is 5.43. The first-order chi connectivity index (χ1) is 10.5. The summed E-state index contributed by atoms with van der Waals surface area (Å²) in [5.74, 6) is -0.153. The van der Waals surface area contributed by atoms with Crippen LogP contribution < -0.4 is 10.5 Å². The summed E-state index contributed by atoms with van der Waals surface area (Å²) in [6, 6.07) is 3.87. The highest BCUT2D eigenvalue weighted by Gasteiger charge is 2.15. The lowest BCUT2D eigenvalue weighted by Crippen LogP contribution is -2.18. The first kappa shape index (κ1) is 17.5. The molecule has 1 aromatic carbocycles. The van der Waals surface area contributed by atoms with Crippen molar-refractivity contribution in [3.05, 3.63) is 23.8 Å². The predicted molar refractivity (Wildman–Crippen MR) is 85.1 cm³/mol. The molecule has 1 atom stereocenters. The molecule has 4 N–H and O–H groups in total. The number of amidine groups is 1. The number of carboxylic acids is 1. The lowest BCUT2D eigenvalue weighted by molar-refractivity contribution is -0.138. The highest BCUT2D eigenvalue weighted by atomic mass is 16.5. The van der Waals surface area contributed by atoms with Gasteiger partial charge in [-0.3, -0.25) is 9.98 Å². The number of aliphatic imine (C=N–C) groups is 2. The Kier molecular flexibility index (Phi) is 6.88. The van der Waals surface area contributed by atoms with Crippen molar-refractivity contribution in [3.8, 4) is 11.5 Å². The number of benzene rings is 1. The van der Waals surface area contributed by atoms with Gasteiger partial charge >= 0.3 is 5.97 Å². The van der Waals surface area contributed by atoms with Crippen LogP contribution in [0.1, 0.15) is 25.3 Å². The SMILES string of the molecule is COc1cccc(O)c1C=NC(CCCN=C(C)N)C(=O)O. The van der Waals surface area contributed by atoms with Crippen molar-refractivity contribution in [2.24, 2.45) is 15.7 Å². The van der Waals surface area contributed by atoms with Crippen molar-refractivity contribution in [1.82, 2.24) is 0 Å². The molecule has 0 spiro atoms. The minimum Gasteiger partial charge on any atom is -0.507 e. The molecule has 0 fully saturated rings. The molecule has 0 aliphatic carbocycles. The van der Waals surface area contributed by atoms with Crippen LogP contribution in [0, 0.1) is 0 Å². The fourth-order valence-corrected chi connectivity index (χ4v) is 1.81. The summed E-state index contributed by atoms with van der Waals surface area (Å²) in [6.45, 7) is 2.14. The Morgan fingerprint density at radius 2 is 2.23 bits per heavy atom. The normalized spacial score (nSPS) is 13.3. The zero-order chi connectivity index (χ0) is 16.5. The summed E-state index contributed by atoms with van der Waals surface area (Å²) in [7, 11) is 1.47. The molecule has 1 aromatic rings. The van der Waals surface area contributed by atoms with E-state index >= 15 is 0 Å². The second-order valence-corrected chi connectivity index (χ2v) is 4.69. The molecule has 0 amide bonds. The number of phenolic OH excluding ortho intramolecular Hbond substituents is 1. The van der Waals surface area contributed by atoms with Crippen molar-refractivity contribution < 1.29 is 19.7 Å². The van der Waals surface area contributed by atoms with Gasteiger partial charge in [0.05, 0.1) is 18.5 Å². The van der Waals surface area contributed by atoms with E-state index in [1.165, 1.54) is 19.4 Å².